The molecule has 1 aliphatic heterocycles. The number of carbonyl (C=O) groups excluding carboxylic acids is 1. The molecule has 0 saturated carbocycles. The minimum Gasteiger partial charge on any atom is -0.378 e. The number of rotatable bonds is 6. The Kier molecular flexibility index (Phi) is 6.19. The van der Waals surface area contributed by atoms with Crippen molar-refractivity contribution in [3.05, 3.63) is 72.3 Å². The summed E-state index contributed by atoms with van der Waals surface area (Å²) in [6.45, 7) is 1.91. The fraction of sp³-hybridized carbons (Fsp3) is 0.320. The highest BCUT2D eigenvalue weighted by molar-refractivity contribution is 6.01. The topological polar surface area (TPSA) is 44.8 Å². The van der Waals surface area contributed by atoms with Crippen LogP contribution in [0.3, 0.4) is 0 Å². The third-order valence-corrected chi connectivity index (χ3v) is 5.59. The molecule has 1 fully saturated rings. The number of anilines is 2. The van der Waals surface area contributed by atoms with Crippen LogP contribution in [0.15, 0.2) is 66.7 Å². The Morgan fingerprint density at radius 3 is 2.53 bits per heavy atom. The SMILES string of the molecule is CN(C)c1ccc(CN(C[C@@H]2CCCO2)C(=O)Nc2cccc3ccccc23)cc1. The zero-order valence-electron chi connectivity index (χ0n) is 17.7. The fourth-order valence-corrected chi connectivity index (χ4v) is 3.90. The Morgan fingerprint density at radius 2 is 1.80 bits per heavy atom. The first-order valence-corrected chi connectivity index (χ1v) is 10.5. The van der Waals surface area contributed by atoms with Crippen LogP contribution in [0, 0.1) is 0 Å². The molecule has 1 atom stereocenters. The normalized spacial score (nSPS) is 15.9. The van der Waals surface area contributed by atoms with Gasteiger partial charge in [-0.2, -0.15) is 0 Å². The van der Waals surface area contributed by atoms with E-state index in [1.54, 1.807) is 0 Å². The van der Waals surface area contributed by atoms with Crippen molar-refractivity contribution in [2.75, 3.05) is 37.5 Å². The van der Waals surface area contributed by atoms with Crippen LogP contribution in [0.2, 0.25) is 0 Å². The molecule has 0 bridgehead atoms. The molecule has 0 radical (unpaired) electrons. The van der Waals surface area contributed by atoms with Crippen LogP contribution in [0.25, 0.3) is 10.8 Å². The molecule has 0 aromatic heterocycles. The highest BCUT2D eigenvalue weighted by Gasteiger charge is 2.23. The maximum Gasteiger partial charge on any atom is 0.322 e. The molecule has 3 aromatic carbocycles. The van der Waals surface area contributed by atoms with Crippen molar-refractivity contribution in [2.45, 2.75) is 25.5 Å². The Labute approximate surface area is 178 Å². The van der Waals surface area contributed by atoms with Crippen LogP contribution in [-0.4, -0.2) is 44.3 Å². The number of nitrogens with one attached hydrogen (secondary N) is 1. The summed E-state index contributed by atoms with van der Waals surface area (Å²) in [7, 11) is 4.05. The summed E-state index contributed by atoms with van der Waals surface area (Å²) < 4.78 is 5.81. The van der Waals surface area contributed by atoms with Crippen LogP contribution < -0.4 is 10.2 Å². The Hall–Kier alpha value is -3.05. The second-order valence-corrected chi connectivity index (χ2v) is 8.03. The minimum atomic E-state index is -0.0986. The molecule has 0 aliphatic carbocycles. The molecule has 1 heterocycles. The third kappa shape index (κ3) is 4.74. The largest absolute Gasteiger partial charge is 0.378 e. The molecule has 0 unspecified atom stereocenters. The lowest BCUT2D eigenvalue weighted by molar-refractivity contribution is 0.0819. The van der Waals surface area contributed by atoms with E-state index in [4.69, 9.17) is 4.74 Å². The van der Waals surface area contributed by atoms with Gasteiger partial charge in [0.15, 0.2) is 0 Å². The smallest absolute Gasteiger partial charge is 0.322 e. The van der Waals surface area contributed by atoms with Crippen LogP contribution in [0.5, 0.6) is 0 Å². The molecule has 4 rings (SSSR count). The zero-order valence-corrected chi connectivity index (χ0v) is 17.7. The van der Waals surface area contributed by atoms with E-state index >= 15 is 0 Å². The van der Waals surface area contributed by atoms with E-state index in [9.17, 15) is 4.79 Å². The van der Waals surface area contributed by atoms with Gasteiger partial charge in [0, 0.05) is 44.9 Å². The molecule has 0 spiro atoms. The van der Waals surface area contributed by atoms with E-state index in [-0.39, 0.29) is 12.1 Å². The molecular formula is C25H29N3O2. The Morgan fingerprint density at radius 1 is 1.03 bits per heavy atom. The van der Waals surface area contributed by atoms with Crippen molar-refractivity contribution < 1.29 is 9.53 Å². The summed E-state index contributed by atoms with van der Waals surface area (Å²) in [4.78, 5) is 17.2. The summed E-state index contributed by atoms with van der Waals surface area (Å²) in [6, 6.07) is 22.3. The second-order valence-electron chi connectivity index (χ2n) is 8.03. The fourth-order valence-electron chi connectivity index (χ4n) is 3.90. The predicted octanol–water partition coefficient (Wildman–Crippen LogP) is 5.12. The maximum absolute atomic E-state index is 13.3. The van der Waals surface area contributed by atoms with Gasteiger partial charge >= 0.3 is 6.03 Å². The number of ether oxygens (including phenoxy) is 1. The summed E-state index contributed by atoms with van der Waals surface area (Å²) in [6.07, 6.45) is 2.16. The third-order valence-electron chi connectivity index (χ3n) is 5.59. The Bertz CT molecular complexity index is 989. The van der Waals surface area contributed by atoms with Gasteiger partial charge in [-0.25, -0.2) is 4.79 Å². The van der Waals surface area contributed by atoms with E-state index in [1.165, 1.54) is 0 Å². The summed E-state index contributed by atoms with van der Waals surface area (Å²) in [5.41, 5.74) is 3.08. The van der Waals surface area contributed by atoms with Gasteiger partial charge in [0.2, 0.25) is 0 Å². The molecule has 3 aromatic rings. The number of benzene rings is 3. The van der Waals surface area contributed by atoms with Crippen molar-refractivity contribution in [3.8, 4) is 0 Å². The second kappa shape index (κ2) is 9.18. The zero-order chi connectivity index (χ0) is 20.9. The van der Waals surface area contributed by atoms with Crippen molar-refractivity contribution >= 4 is 28.2 Å². The molecule has 1 saturated heterocycles. The number of hydrogen-bond donors (Lipinski definition) is 1. The Balaban J connectivity index is 1.54. The van der Waals surface area contributed by atoms with E-state index in [1.807, 2.05) is 49.3 Å². The van der Waals surface area contributed by atoms with Crippen LogP contribution >= 0.6 is 0 Å². The molecule has 1 aliphatic rings. The van der Waals surface area contributed by atoms with Crippen LogP contribution in [0.1, 0.15) is 18.4 Å². The first kappa shape index (κ1) is 20.2. The predicted molar refractivity (Wildman–Crippen MR) is 123 cm³/mol. The monoisotopic (exact) mass is 403 g/mol. The summed E-state index contributed by atoms with van der Waals surface area (Å²) in [5, 5.41) is 5.29. The van der Waals surface area contributed by atoms with Crippen molar-refractivity contribution in [1.82, 2.24) is 4.90 Å². The van der Waals surface area contributed by atoms with Gasteiger partial charge in [0.05, 0.1) is 11.8 Å². The average molecular weight is 404 g/mol. The quantitative estimate of drug-likeness (QED) is 0.621. The highest BCUT2D eigenvalue weighted by atomic mass is 16.5. The molecular weight excluding hydrogens is 374 g/mol. The average Bonchev–Trinajstić information content (AvgIpc) is 3.27. The van der Waals surface area contributed by atoms with Gasteiger partial charge in [0.1, 0.15) is 0 Å². The number of carbonyl (C=O) groups is 1. The lowest BCUT2D eigenvalue weighted by Crippen LogP contribution is -2.39. The number of urea groups is 1. The lowest BCUT2D eigenvalue weighted by atomic mass is 10.1. The maximum atomic E-state index is 13.3. The van der Waals surface area contributed by atoms with E-state index < -0.39 is 0 Å². The van der Waals surface area contributed by atoms with Crippen LogP contribution in [-0.2, 0) is 11.3 Å². The first-order chi connectivity index (χ1) is 14.6. The van der Waals surface area contributed by atoms with Gasteiger partial charge in [-0.1, -0.05) is 48.5 Å². The van der Waals surface area contributed by atoms with E-state index in [2.05, 4.69) is 46.6 Å². The van der Waals surface area contributed by atoms with Crippen molar-refractivity contribution in [2.24, 2.45) is 0 Å². The number of fused-ring (bicyclic) bond motifs is 1. The highest BCUT2D eigenvalue weighted by Crippen LogP contribution is 2.24. The number of hydrogen-bond acceptors (Lipinski definition) is 3. The standard InChI is InChI=1S/C25H29N3O2/c1-27(2)21-14-12-19(13-15-21)17-28(18-22-9-6-16-30-22)25(29)26-24-11-5-8-20-7-3-4-10-23(20)24/h3-5,7-8,10-15,22H,6,9,16-18H2,1-2H3,(H,26,29)/t22-/m0/s1. The van der Waals surface area contributed by atoms with Crippen molar-refractivity contribution in [3.63, 3.8) is 0 Å². The summed E-state index contributed by atoms with van der Waals surface area (Å²) >= 11 is 0. The molecule has 156 valence electrons. The molecule has 5 nitrogen and oxygen atoms in total. The molecule has 5 heteroatoms. The number of amides is 2. The van der Waals surface area contributed by atoms with E-state index in [0.717, 1.165) is 47.2 Å². The van der Waals surface area contributed by atoms with Gasteiger partial charge in [-0.15, -0.1) is 0 Å². The minimum absolute atomic E-state index is 0.0986. The van der Waals surface area contributed by atoms with E-state index in [0.29, 0.717) is 13.1 Å². The van der Waals surface area contributed by atoms with Crippen LogP contribution in [0.4, 0.5) is 16.2 Å². The number of nitrogens with zero attached hydrogens (tertiary/aromatic N) is 2. The lowest BCUT2D eigenvalue weighted by Gasteiger charge is -2.26. The summed E-state index contributed by atoms with van der Waals surface area (Å²) in [5.74, 6) is 0. The molecule has 30 heavy (non-hydrogen) atoms. The first-order valence-electron chi connectivity index (χ1n) is 10.5. The van der Waals surface area contributed by atoms with Gasteiger partial charge in [-0.05, 0) is 42.0 Å². The molecule has 1 N–H and O–H groups in total. The molecule has 2 amide bonds. The van der Waals surface area contributed by atoms with Gasteiger partial charge < -0.3 is 19.9 Å². The van der Waals surface area contributed by atoms with Gasteiger partial charge in [-0.3, -0.25) is 0 Å². The van der Waals surface area contributed by atoms with Gasteiger partial charge in [0.25, 0.3) is 0 Å². The van der Waals surface area contributed by atoms with Crippen molar-refractivity contribution in [1.29, 1.82) is 0 Å².